The number of halogens is 3. The van der Waals surface area contributed by atoms with Crippen molar-refractivity contribution in [2.45, 2.75) is 25.8 Å². The van der Waals surface area contributed by atoms with Gasteiger partial charge in [0.05, 0.1) is 0 Å². The van der Waals surface area contributed by atoms with Crippen molar-refractivity contribution in [3.8, 4) is 0 Å². The lowest BCUT2D eigenvalue weighted by Gasteiger charge is -2.27. The van der Waals surface area contributed by atoms with E-state index in [0.29, 0.717) is 29.6 Å². The summed E-state index contributed by atoms with van der Waals surface area (Å²) in [5, 5.41) is 6.88. The van der Waals surface area contributed by atoms with Gasteiger partial charge in [0, 0.05) is 36.1 Å². The Morgan fingerprint density at radius 3 is 2.36 bits per heavy atom. The molecule has 2 aromatic carbocycles. The quantitative estimate of drug-likeness (QED) is 0.309. The third-order valence-electron chi connectivity index (χ3n) is 4.28. The van der Waals surface area contributed by atoms with Gasteiger partial charge in [0.2, 0.25) is 5.91 Å². The molecule has 0 atom stereocenters. The van der Waals surface area contributed by atoms with Crippen LogP contribution in [0.15, 0.2) is 47.5 Å². The average molecular weight is 519 g/mol. The normalized spacial score (nSPS) is 11.5. The Labute approximate surface area is 187 Å². The summed E-state index contributed by atoms with van der Waals surface area (Å²) < 4.78 is 13.3. The molecule has 2 aromatic rings. The number of primary amides is 1. The van der Waals surface area contributed by atoms with Crippen LogP contribution in [0.5, 0.6) is 0 Å². The van der Waals surface area contributed by atoms with E-state index in [1.165, 1.54) is 12.1 Å². The lowest BCUT2D eigenvalue weighted by atomic mass is 9.84. The van der Waals surface area contributed by atoms with Crippen LogP contribution in [-0.2, 0) is 12.0 Å². The first-order chi connectivity index (χ1) is 12.7. The van der Waals surface area contributed by atoms with Crippen molar-refractivity contribution in [1.82, 2.24) is 10.6 Å². The highest BCUT2D eigenvalue weighted by atomic mass is 127. The maximum atomic E-state index is 13.3. The Morgan fingerprint density at radius 2 is 1.82 bits per heavy atom. The van der Waals surface area contributed by atoms with E-state index in [-0.39, 0.29) is 35.2 Å². The van der Waals surface area contributed by atoms with Crippen LogP contribution in [0.4, 0.5) is 4.39 Å². The molecule has 2 rings (SSSR count). The zero-order valence-corrected chi connectivity index (χ0v) is 19.1. The first-order valence-corrected chi connectivity index (χ1v) is 8.89. The van der Waals surface area contributed by atoms with Crippen LogP contribution < -0.4 is 16.4 Å². The summed E-state index contributed by atoms with van der Waals surface area (Å²) in [6, 6.07) is 11.5. The molecule has 0 bridgehead atoms. The minimum Gasteiger partial charge on any atom is -0.366 e. The van der Waals surface area contributed by atoms with Crippen LogP contribution in [0.2, 0.25) is 5.02 Å². The van der Waals surface area contributed by atoms with Gasteiger partial charge in [0.1, 0.15) is 5.82 Å². The fourth-order valence-electron chi connectivity index (χ4n) is 2.63. The number of nitrogens with zero attached hydrogens (tertiary/aromatic N) is 1. The summed E-state index contributed by atoms with van der Waals surface area (Å²) in [6.07, 6.45) is 0. The molecule has 0 aromatic heterocycles. The second-order valence-electron chi connectivity index (χ2n) is 6.85. The molecular formula is C20H25ClFIN4O. The number of carbonyl (C=O) groups excluding carboxylic acids is 1. The van der Waals surface area contributed by atoms with Crippen LogP contribution in [0.1, 0.15) is 35.3 Å². The van der Waals surface area contributed by atoms with Crippen molar-refractivity contribution in [3.63, 3.8) is 0 Å². The zero-order chi connectivity index (χ0) is 20.0. The predicted octanol–water partition coefficient (Wildman–Crippen LogP) is 3.84. The lowest BCUT2D eigenvalue weighted by molar-refractivity contribution is 0.100. The third kappa shape index (κ3) is 6.63. The van der Waals surface area contributed by atoms with Gasteiger partial charge in [-0.25, -0.2) is 4.39 Å². The molecule has 0 unspecified atom stereocenters. The van der Waals surface area contributed by atoms with Crippen molar-refractivity contribution >= 4 is 47.4 Å². The summed E-state index contributed by atoms with van der Waals surface area (Å²) >= 11 is 6.19. The molecule has 0 aliphatic heterocycles. The molecule has 1 amide bonds. The number of carbonyl (C=O) groups is 1. The number of amides is 1. The molecular weight excluding hydrogens is 494 g/mol. The van der Waals surface area contributed by atoms with E-state index in [2.05, 4.69) is 15.6 Å². The maximum absolute atomic E-state index is 13.3. The van der Waals surface area contributed by atoms with Crippen LogP contribution in [0.3, 0.4) is 0 Å². The number of hydrogen-bond acceptors (Lipinski definition) is 2. The van der Waals surface area contributed by atoms with Gasteiger partial charge in [0.25, 0.3) is 0 Å². The third-order valence-corrected chi connectivity index (χ3v) is 4.59. The van der Waals surface area contributed by atoms with E-state index >= 15 is 0 Å². The standard InChI is InChI=1S/C20H24ClFN4O.HI/c1-20(2,16-9-8-15(22)10-17(16)21)12-26-19(24-3)25-11-13-4-6-14(7-5-13)18(23)27;/h4-10H,11-12H2,1-3H3,(H2,23,27)(H2,24,25,26);1H. The monoisotopic (exact) mass is 518 g/mol. The van der Waals surface area contributed by atoms with E-state index in [1.54, 1.807) is 25.2 Å². The molecule has 0 radical (unpaired) electrons. The summed E-state index contributed by atoms with van der Waals surface area (Å²) in [7, 11) is 1.68. The van der Waals surface area contributed by atoms with Crippen LogP contribution in [0, 0.1) is 5.82 Å². The largest absolute Gasteiger partial charge is 0.366 e. The van der Waals surface area contributed by atoms with Crippen molar-refractivity contribution in [1.29, 1.82) is 0 Å². The molecule has 0 fully saturated rings. The van der Waals surface area contributed by atoms with Crippen molar-refractivity contribution in [2.75, 3.05) is 13.6 Å². The summed E-state index contributed by atoms with van der Waals surface area (Å²) in [5.74, 6) is -0.179. The smallest absolute Gasteiger partial charge is 0.248 e. The summed E-state index contributed by atoms with van der Waals surface area (Å²) in [4.78, 5) is 15.3. The van der Waals surface area contributed by atoms with Crippen molar-refractivity contribution < 1.29 is 9.18 Å². The number of aliphatic imine (C=N–C) groups is 1. The number of hydrogen-bond donors (Lipinski definition) is 3. The van der Waals surface area contributed by atoms with Gasteiger partial charge in [-0.1, -0.05) is 43.6 Å². The number of nitrogens with one attached hydrogen (secondary N) is 2. The average Bonchev–Trinajstić information content (AvgIpc) is 2.61. The highest BCUT2D eigenvalue weighted by Gasteiger charge is 2.24. The van der Waals surface area contributed by atoms with E-state index in [1.807, 2.05) is 26.0 Å². The van der Waals surface area contributed by atoms with Gasteiger partial charge in [-0.05, 0) is 35.4 Å². The zero-order valence-electron chi connectivity index (χ0n) is 16.1. The van der Waals surface area contributed by atoms with E-state index in [0.717, 1.165) is 11.1 Å². The lowest BCUT2D eigenvalue weighted by Crippen LogP contribution is -2.43. The molecule has 0 spiro atoms. The Bertz CT molecular complexity index is 841. The summed E-state index contributed by atoms with van der Waals surface area (Å²) in [6.45, 7) is 5.14. The minimum absolute atomic E-state index is 0. The second-order valence-corrected chi connectivity index (χ2v) is 7.26. The fourth-order valence-corrected chi connectivity index (χ4v) is 3.05. The molecule has 4 N–H and O–H groups in total. The first-order valence-electron chi connectivity index (χ1n) is 8.52. The summed E-state index contributed by atoms with van der Waals surface area (Å²) in [5.41, 5.74) is 7.23. The highest BCUT2D eigenvalue weighted by Crippen LogP contribution is 2.29. The van der Waals surface area contributed by atoms with E-state index in [9.17, 15) is 9.18 Å². The molecule has 0 aliphatic carbocycles. The molecule has 5 nitrogen and oxygen atoms in total. The van der Waals surface area contributed by atoms with Gasteiger partial charge in [-0.15, -0.1) is 24.0 Å². The van der Waals surface area contributed by atoms with Crippen LogP contribution >= 0.6 is 35.6 Å². The van der Waals surface area contributed by atoms with Gasteiger partial charge in [0.15, 0.2) is 5.96 Å². The maximum Gasteiger partial charge on any atom is 0.248 e. The van der Waals surface area contributed by atoms with Gasteiger partial charge in [-0.2, -0.15) is 0 Å². The van der Waals surface area contributed by atoms with E-state index < -0.39 is 5.91 Å². The molecule has 0 saturated carbocycles. The van der Waals surface area contributed by atoms with Crippen molar-refractivity contribution in [3.05, 3.63) is 70.0 Å². The number of nitrogens with two attached hydrogens (primary N) is 1. The Morgan fingerprint density at radius 1 is 1.18 bits per heavy atom. The van der Waals surface area contributed by atoms with Crippen molar-refractivity contribution in [2.24, 2.45) is 10.7 Å². The SMILES string of the molecule is CN=C(NCc1ccc(C(N)=O)cc1)NCC(C)(C)c1ccc(F)cc1Cl.I. The molecule has 28 heavy (non-hydrogen) atoms. The Balaban J connectivity index is 0.00000392. The number of benzene rings is 2. The highest BCUT2D eigenvalue weighted by molar-refractivity contribution is 14.0. The van der Waals surface area contributed by atoms with Gasteiger partial charge < -0.3 is 16.4 Å². The number of rotatable bonds is 6. The predicted molar refractivity (Wildman–Crippen MR) is 123 cm³/mol. The number of guanidine groups is 1. The molecule has 0 heterocycles. The Kier molecular flexibility index (Phi) is 9.16. The van der Waals surface area contributed by atoms with Crippen LogP contribution in [-0.4, -0.2) is 25.5 Å². The van der Waals surface area contributed by atoms with E-state index in [4.69, 9.17) is 17.3 Å². The van der Waals surface area contributed by atoms with Gasteiger partial charge >= 0.3 is 0 Å². The molecule has 8 heteroatoms. The molecule has 152 valence electrons. The molecule has 0 saturated heterocycles. The fraction of sp³-hybridized carbons (Fsp3) is 0.300. The topological polar surface area (TPSA) is 79.5 Å². The Hall–Kier alpha value is -1.87. The second kappa shape index (κ2) is 10.6. The van der Waals surface area contributed by atoms with Gasteiger partial charge in [-0.3, -0.25) is 9.79 Å². The minimum atomic E-state index is -0.450. The van der Waals surface area contributed by atoms with Crippen LogP contribution in [0.25, 0.3) is 0 Å². The molecule has 0 aliphatic rings. The first kappa shape index (κ1) is 24.2.